The first-order valence-electron chi connectivity index (χ1n) is 4.77. The highest BCUT2D eigenvalue weighted by Crippen LogP contribution is 2.09. The second-order valence-electron chi connectivity index (χ2n) is 3.42. The average Bonchev–Trinajstić information content (AvgIpc) is 2.16. The summed E-state index contributed by atoms with van der Waals surface area (Å²) in [5.74, 6) is -2.46. The normalized spacial score (nSPS) is 11.6. The van der Waals surface area contributed by atoms with Gasteiger partial charge in [0.25, 0.3) is 16.1 Å². The minimum Gasteiger partial charge on any atom is -0.344 e. The summed E-state index contributed by atoms with van der Waals surface area (Å²) in [6, 6.07) is 6.10. The predicted molar refractivity (Wildman–Crippen MR) is 60.7 cm³/mol. The number of aryl methyl sites for hydroxylation is 1. The summed E-state index contributed by atoms with van der Waals surface area (Å²) in [5.41, 5.74) is 0.806. The summed E-state index contributed by atoms with van der Waals surface area (Å²) in [6.07, 6.45) is -0.0625. The highest BCUT2D eigenvalue weighted by molar-refractivity contribution is 7.85. The number of hydrogen-bond donors (Lipinski definition) is 4. The van der Waals surface area contributed by atoms with E-state index < -0.39 is 16.1 Å². The Bertz CT molecular complexity index is 446. The minimum atomic E-state index is -4.03. The summed E-state index contributed by atoms with van der Waals surface area (Å²) in [6.45, 7) is 3.22. The first-order chi connectivity index (χ1) is 7.56. The molecule has 98 valence electrons. The van der Waals surface area contributed by atoms with Gasteiger partial charge in [-0.05, 0) is 24.6 Å². The highest BCUT2D eigenvalue weighted by atomic mass is 32.2. The molecule has 0 heterocycles. The van der Waals surface area contributed by atoms with Crippen LogP contribution in [0.2, 0.25) is 0 Å². The predicted octanol–water partition coefficient (Wildman–Crippen LogP) is 0.269. The molecular formula is C10H16O6S. The SMILES string of the molecule is CCC(O)(O)O.Cc1cccc(S(=O)(=O)O)c1. The van der Waals surface area contributed by atoms with Crippen molar-refractivity contribution in [2.75, 3.05) is 0 Å². The molecule has 17 heavy (non-hydrogen) atoms. The summed E-state index contributed by atoms with van der Waals surface area (Å²) < 4.78 is 29.7. The lowest BCUT2D eigenvalue weighted by molar-refractivity contribution is -0.312. The smallest absolute Gasteiger partial charge is 0.294 e. The van der Waals surface area contributed by atoms with E-state index in [0.717, 1.165) is 5.56 Å². The van der Waals surface area contributed by atoms with E-state index in [1.165, 1.54) is 19.1 Å². The quantitative estimate of drug-likeness (QED) is 0.450. The molecule has 1 aromatic carbocycles. The Kier molecular flexibility index (Phi) is 5.73. The van der Waals surface area contributed by atoms with Crippen LogP contribution in [0.15, 0.2) is 29.2 Å². The van der Waals surface area contributed by atoms with Gasteiger partial charge in [-0.1, -0.05) is 19.1 Å². The van der Waals surface area contributed by atoms with Crippen molar-refractivity contribution >= 4 is 10.1 Å². The fourth-order valence-corrected chi connectivity index (χ4v) is 1.36. The Morgan fingerprint density at radius 1 is 1.24 bits per heavy atom. The van der Waals surface area contributed by atoms with Gasteiger partial charge in [-0.25, -0.2) is 0 Å². The number of aliphatic hydroxyl groups is 3. The van der Waals surface area contributed by atoms with Crippen LogP contribution in [0.25, 0.3) is 0 Å². The zero-order valence-corrected chi connectivity index (χ0v) is 10.3. The number of benzene rings is 1. The lowest BCUT2D eigenvalue weighted by atomic mass is 10.2. The Balaban J connectivity index is 0.000000366. The van der Waals surface area contributed by atoms with Crippen molar-refractivity contribution in [3.63, 3.8) is 0 Å². The molecule has 0 bridgehead atoms. The molecule has 0 aliphatic carbocycles. The van der Waals surface area contributed by atoms with Gasteiger partial charge in [0.1, 0.15) is 0 Å². The van der Waals surface area contributed by atoms with E-state index in [1.807, 2.05) is 0 Å². The molecule has 0 unspecified atom stereocenters. The van der Waals surface area contributed by atoms with E-state index in [2.05, 4.69) is 0 Å². The fraction of sp³-hybridized carbons (Fsp3) is 0.400. The van der Waals surface area contributed by atoms with Crippen LogP contribution in [0.3, 0.4) is 0 Å². The molecule has 1 rings (SSSR count). The van der Waals surface area contributed by atoms with Crippen molar-refractivity contribution in [3.8, 4) is 0 Å². The molecule has 6 nitrogen and oxygen atoms in total. The van der Waals surface area contributed by atoms with Crippen LogP contribution in [-0.2, 0) is 10.1 Å². The van der Waals surface area contributed by atoms with Crippen molar-refractivity contribution in [2.45, 2.75) is 31.1 Å². The van der Waals surface area contributed by atoms with Crippen LogP contribution in [-0.4, -0.2) is 34.3 Å². The van der Waals surface area contributed by atoms with Crippen LogP contribution >= 0.6 is 0 Å². The standard InChI is InChI=1S/C7H8O3S.C3H8O3/c1-6-3-2-4-7(5-6)11(8,9)10;1-2-3(4,5)6/h2-5H,1H3,(H,8,9,10);4-6H,2H2,1H3. The van der Waals surface area contributed by atoms with Crippen molar-refractivity contribution < 1.29 is 28.3 Å². The first kappa shape index (κ1) is 16.0. The molecule has 0 fully saturated rings. The molecule has 0 amide bonds. The lowest BCUT2D eigenvalue weighted by Crippen LogP contribution is -2.24. The Morgan fingerprint density at radius 2 is 1.71 bits per heavy atom. The molecular weight excluding hydrogens is 248 g/mol. The van der Waals surface area contributed by atoms with Gasteiger partial charge in [0.15, 0.2) is 0 Å². The van der Waals surface area contributed by atoms with Crippen molar-refractivity contribution in [3.05, 3.63) is 29.8 Å². The first-order valence-corrected chi connectivity index (χ1v) is 6.21. The zero-order valence-electron chi connectivity index (χ0n) is 9.53. The topological polar surface area (TPSA) is 115 Å². The van der Waals surface area contributed by atoms with Gasteiger partial charge in [0.2, 0.25) is 0 Å². The van der Waals surface area contributed by atoms with Gasteiger partial charge in [-0.2, -0.15) is 8.42 Å². The van der Waals surface area contributed by atoms with E-state index in [4.69, 9.17) is 19.9 Å². The second-order valence-corrected chi connectivity index (χ2v) is 4.84. The Labute approximate surface area is 99.9 Å². The Morgan fingerprint density at radius 3 is 1.94 bits per heavy atom. The minimum absolute atomic E-state index is 0.0579. The van der Waals surface area contributed by atoms with Gasteiger partial charge in [0.05, 0.1) is 4.90 Å². The summed E-state index contributed by atoms with van der Waals surface area (Å²) in [4.78, 5) is -0.0579. The monoisotopic (exact) mass is 264 g/mol. The molecule has 4 N–H and O–H groups in total. The molecule has 0 aromatic heterocycles. The number of hydrogen-bond acceptors (Lipinski definition) is 5. The third-order valence-corrected chi connectivity index (χ3v) is 2.61. The lowest BCUT2D eigenvalue weighted by Gasteiger charge is -2.08. The second kappa shape index (κ2) is 6.08. The third kappa shape index (κ3) is 7.83. The largest absolute Gasteiger partial charge is 0.344 e. The molecule has 0 saturated carbocycles. The maximum absolute atomic E-state index is 10.5. The van der Waals surface area contributed by atoms with Crippen LogP contribution in [0.1, 0.15) is 18.9 Å². The number of rotatable bonds is 2. The van der Waals surface area contributed by atoms with E-state index >= 15 is 0 Å². The van der Waals surface area contributed by atoms with Gasteiger partial charge < -0.3 is 15.3 Å². The third-order valence-electron chi connectivity index (χ3n) is 1.76. The summed E-state index contributed by atoms with van der Waals surface area (Å²) in [7, 11) is -4.03. The molecule has 7 heteroatoms. The highest BCUT2D eigenvalue weighted by Gasteiger charge is 2.11. The van der Waals surface area contributed by atoms with Crippen molar-refractivity contribution in [1.29, 1.82) is 0 Å². The van der Waals surface area contributed by atoms with Crippen molar-refractivity contribution in [2.24, 2.45) is 0 Å². The molecule has 0 aliphatic heterocycles. The molecule has 0 atom stereocenters. The fourth-order valence-electron chi connectivity index (χ4n) is 0.776. The maximum atomic E-state index is 10.5. The van der Waals surface area contributed by atoms with E-state index in [1.54, 1.807) is 19.1 Å². The summed E-state index contributed by atoms with van der Waals surface area (Å²) >= 11 is 0. The molecule has 0 radical (unpaired) electrons. The van der Waals surface area contributed by atoms with E-state index in [0.29, 0.717) is 0 Å². The van der Waals surface area contributed by atoms with Crippen LogP contribution in [0.4, 0.5) is 0 Å². The molecule has 1 aromatic rings. The summed E-state index contributed by atoms with van der Waals surface area (Å²) in [5, 5.41) is 23.8. The van der Waals surface area contributed by atoms with Crippen LogP contribution in [0, 0.1) is 6.92 Å². The van der Waals surface area contributed by atoms with Gasteiger partial charge in [-0.15, -0.1) is 0 Å². The molecule has 0 spiro atoms. The van der Waals surface area contributed by atoms with Crippen molar-refractivity contribution in [1.82, 2.24) is 0 Å². The zero-order chi connectivity index (χ0) is 13.7. The Hall–Kier alpha value is -0.990. The van der Waals surface area contributed by atoms with Gasteiger partial charge >= 0.3 is 0 Å². The van der Waals surface area contributed by atoms with E-state index in [9.17, 15) is 8.42 Å². The average molecular weight is 264 g/mol. The van der Waals surface area contributed by atoms with Gasteiger partial charge in [0, 0.05) is 6.42 Å². The van der Waals surface area contributed by atoms with Crippen LogP contribution in [0.5, 0.6) is 0 Å². The van der Waals surface area contributed by atoms with E-state index in [-0.39, 0.29) is 11.3 Å². The van der Waals surface area contributed by atoms with Crippen LogP contribution < -0.4 is 0 Å². The van der Waals surface area contributed by atoms with Gasteiger partial charge in [-0.3, -0.25) is 4.55 Å². The molecule has 0 aliphatic rings. The molecule has 0 saturated heterocycles. The maximum Gasteiger partial charge on any atom is 0.294 e.